The lowest BCUT2D eigenvalue weighted by Gasteiger charge is -2.12. The van der Waals surface area contributed by atoms with Gasteiger partial charge < -0.3 is 0 Å². The van der Waals surface area contributed by atoms with Gasteiger partial charge in [-0.05, 0) is 70.9 Å². The number of benzene rings is 2. The summed E-state index contributed by atoms with van der Waals surface area (Å²) >= 11 is 0. The fourth-order valence-corrected chi connectivity index (χ4v) is 3.54. The van der Waals surface area contributed by atoms with E-state index in [0.29, 0.717) is 5.56 Å². The van der Waals surface area contributed by atoms with Crippen LogP contribution in [0.25, 0.3) is 11.6 Å². The van der Waals surface area contributed by atoms with Gasteiger partial charge in [0.25, 0.3) is 0 Å². The maximum atomic E-state index is 9.01. The van der Waals surface area contributed by atoms with E-state index in [1.165, 1.54) is 27.8 Å². The number of allylic oxidation sites excluding steroid dienone is 7. The Labute approximate surface area is 148 Å². The number of fused-ring (bicyclic) bond motifs is 1. The van der Waals surface area contributed by atoms with Crippen molar-refractivity contribution in [1.29, 1.82) is 5.26 Å². The molecule has 0 aromatic heterocycles. The standard InChI is InChI=1S/C24H19N/c25-17-19-12-10-18(11-13-19)16-24-22-8-3-1-2-6-20(22)14-15-21-7-4-5-9-23(21)24/h2-13,16H,1,14-15H2/b24-16-. The highest BCUT2D eigenvalue weighted by atomic mass is 14.2. The SMILES string of the molecule is N#Cc1ccc(/C=C2/C3=C(C=CCC=C3)CCc3ccccc32)cc1. The second-order valence-corrected chi connectivity index (χ2v) is 6.43. The Hall–Kier alpha value is -3.11. The van der Waals surface area contributed by atoms with Crippen molar-refractivity contribution < 1.29 is 0 Å². The molecule has 25 heavy (non-hydrogen) atoms. The molecule has 0 saturated carbocycles. The lowest BCUT2D eigenvalue weighted by Crippen LogP contribution is -1.92. The van der Waals surface area contributed by atoms with Gasteiger partial charge in [0.15, 0.2) is 0 Å². The van der Waals surface area contributed by atoms with Gasteiger partial charge in [-0.2, -0.15) is 5.26 Å². The highest BCUT2D eigenvalue weighted by Gasteiger charge is 2.18. The van der Waals surface area contributed by atoms with E-state index in [0.717, 1.165) is 24.8 Å². The summed E-state index contributed by atoms with van der Waals surface area (Å²) in [6.45, 7) is 0. The van der Waals surface area contributed by atoms with Gasteiger partial charge >= 0.3 is 0 Å². The summed E-state index contributed by atoms with van der Waals surface area (Å²) in [5, 5.41) is 9.01. The van der Waals surface area contributed by atoms with Gasteiger partial charge in [-0.3, -0.25) is 0 Å². The molecule has 2 aliphatic rings. The fraction of sp³-hybridized carbons (Fsp3) is 0.125. The maximum absolute atomic E-state index is 9.01. The molecule has 1 nitrogen and oxygen atoms in total. The average molecular weight is 321 g/mol. The van der Waals surface area contributed by atoms with Crippen LogP contribution in [0.5, 0.6) is 0 Å². The van der Waals surface area contributed by atoms with Crippen LogP contribution in [0, 0.1) is 11.3 Å². The van der Waals surface area contributed by atoms with E-state index in [9.17, 15) is 0 Å². The molecule has 0 aliphatic heterocycles. The first-order valence-electron chi connectivity index (χ1n) is 8.72. The van der Waals surface area contributed by atoms with Gasteiger partial charge in [-0.25, -0.2) is 0 Å². The van der Waals surface area contributed by atoms with E-state index in [-0.39, 0.29) is 0 Å². The van der Waals surface area contributed by atoms with Crippen molar-refractivity contribution in [3.8, 4) is 6.07 Å². The minimum atomic E-state index is 0.695. The van der Waals surface area contributed by atoms with E-state index in [1.54, 1.807) is 0 Å². The highest BCUT2D eigenvalue weighted by Crippen LogP contribution is 2.37. The maximum Gasteiger partial charge on any atom is 0.0991 e. The summed E-state index contributed by atoms with van der Waals surface area (Å²) in [5.41, 5.74) is 8.54. The second kappa shape index (κ2) is 6.79. The molecule has 0 bridgehead atoms. The van der Waals surface area contributed by atoms with Gasteiger partial charge in [-0.1, -0.05) is 60.7 Å². The summed E-state index contributed by atoms with van der Waals surface area (Å²) in [7, 11) is 0. The molecule has 0 fully saturated rings. The van der Waals surface area contributed by atoms with Crippen LogP contribution in [0.15, 0.2) is 84.0 Å². The molecule has 1 heteroatoms. The van der Waals surface area contributed by atoms with Crippen molar-refractivity contribution in [2.45, 2.75) is 19.3 Å². The first-order chi connectivity index (χ1) is 12.3. The Kier molecular flexibility index (Phi) is 4.19. The third-order valence-electron chi connectivity index (χ3n) is 4.83. The molecule has 2 aromatic rings. The van der Waals surface area contributed by atoms with Gasteiger partial charge in [-0.15, -0.1) is 0 Å². The normalized spacial score (nSPS) is 17.5. The monoisotopic (exact) mass is 321 g/mol. The van der Waals surface area contributed by atoms with Crippen molar-refractivity contribution in [2.24, 2.45) is 0 Å². The van der Waals surface area contributed by atoms with E-state index in [2.05, 4.69) is 60.7 Å². The van der Waals surface area contributed by atoms with Crippen molar-refractivity contribution in [3.63, 3.8) is 0 Å². The first-order valence-corrected chi connectivity index (χ1v) is 8.72. The Morgan fingerprint density at radius 3 is 2.52 bits per heavy atom. The van der Waals surface area contributed by atoms with Crippen molar-refractivity contribution in [3.05, 3.63) is 106 Å². The van der Waals surface area contributed by atoms with Crippen LogP contribution in [-0.2, 0) is 6.42 Å². The quantitative estimate of drug-likeness (QED) is 0.645. The molecule has 0 unspecified atom stereocenters. The number of hydrogen-bond acceptors (Lipinski definition) is 1. The molecular weight excluding hydrogens is 302 g/mol. The fourth-order valence-electron chi connectivity index (χ4n) is 3.54. The zero-order valence-electron chi connectivity index (χ0n) is 14.1. The van der Waals surface area contributed by atoms with E-state index in [4.69, 9.17) is 5.26 Å². The van der Waals surface area contributed by atoms with Gasteiger partial charge in [0.1, 0.15) is 0 Å². The molecule has 0 radical (unpaired) electrons. The molecule has 2 aromatic carbocycles. The van der Waals surface area contributed by atoms with Gasteiger partial charge in [0.05, 0.1) is 11.6 Å². The topological polar surface area (TPSA) is 23.8 Å². The third kappa shape index (κ3) is 3.12. The van der Waals surface area contributed by atoms with Crippen LogP contribution in [0.4, 0.5) is 0 Å². The molecule has 0 N–H and O–H groups in total. The minimum Gasteiger partial charge on any atom is -0.192 e. The molecule has 0 amide bonds. The lowest BCUT2D eigenvalue weighted by molar-refractivity contribution is 0.967. The summed E-state index contributed by atoms with van der Waals surface area (Å²) in [5.74, 6) is 0. The molecule has 0 atom stereocenters. The number of nitrogens with zero attached hydrogens (tertiary/aromatic N) is 1. The Bertz CT molecular complexity index is 960. The van der Waals surface area contributed by atoms with Crippen molar-refractivity contribution in [1.82, 2.24) is 0 Å². The number of rotatable bonds is 1. The van der Waals surface area contributed by atoms with Crippen LogP contribution in [0.2, 0.25) is 0 Å². The number of nitriles is 1. The average Bonchev–Trinajstić information content (AvgIpc) is 2.97. The van der Waals surface area contributed by atoms with E-state index >= 15 is 0 Å². The van der Waals surface area contributed by atoms with Crippen LogP contribution >= 0.6 is 0 Å². The van der Waals surface area contributed by atoms with E-state index in [1.807, 2.05) is 24.3 Å². The minimum absolute atomic E-state index is 0.695. The largest absolute Gasteiger partial charge is 0.192 e. The predicted octanol–water partition coefficient (Wildman–Crippen LogP) is 5.86. The van der Waals surface area contributed by atoms with E-state index < -0.39 is 0 Å². The summed E-state index contributed by atoms with van der Waals surface area (Å²) in [6.07, 6.45) is 14.4. The van der Waals surface area contributed by atoms with Crippen LogP contribution in [0.3, 0.4) is 0 Å². The number of aryl methyl sites for hydroxylation is 1. The molecular formula is C24H19N. The highest BCUT2D eigenvalue weighted by molar-refractivity contribution is 5.95. The molecule has 2 aliphatic carbocycles. The van der Waals surface area contributed by atoms with Crippen molar-refractivity contribution >= 4 is 11.6 Å². The lowest BCUT2D eigenvalue weighted by atomic mass is 9.91. The second-order valence-electron chi connectivity index (χ2n) is 6.43. The smallest absolute Gasteiger partial charge is 0.0991 e. The summed E-state index contributed by atoms with van der Waals surface area (Å²) in [6, 6.07) is 18.7. The Morgan fingerprint density at radius 1 is 0.880 bits per heavy atom. The molecule has 0 saturated heterocycles. The Balaban J connectivity index is 1.91. The predicted molar refractivity (Wildman–Crippen MR) is 104 cm³/mol. The molecule has 120 valence electrons. The summed E-state index contributed by atoms with van der Waals surface area (Å²) in [4.78, 5) is 0. The zero-order chi connectivity index (χ0) is 17.1. The van der Waals surface area contributed by atoms with Crippen LogP contribution in [0.1, 0.15) is 35.1 Å². The van der Waals surface area contributed by atoms with Crippen LogP contribution in [-0.4, -0.2) is 0 Å². The Morgan fingerprint density at radius 2 is 1.68 bits per heavy atom. The van der Waals surface area contributed by atoms with Crippen LogP contribution < -0.4 is 0 Å². The van der Waals surface area contributed by atoms with Crippen molar-refractivity contribution in [2.75, 3.05) is 0 Å². The zero-order valence-corrected chi connectivity index (χ0v) is 14.1. The molecule has 0 heterocycles. The number of hydrogen-bond donors (Lipinski definition) is 0. The first kappa shape index (κ1) is 15.4. The van der Waals surface area contributed by atoms with Gasteiger partial charge in [0, 0.05) is 0 Å². The molecule has 0 spiro atoms. The third-order valence-corrected chi connectivity index (χ3v) is 4.83. The molecule has 4 rings (SSSR count). The summed E-state index contributed by atoms with van der Waals surface area (Å²) < 4.78 is 0. The van der Waals surface area contributed by atoms with Gasteiger partial charge in [0.2, 0.25) is 0 Å².